The van der Waals surface area contributed by atoms with Crippen LogP contribution in [0.2, 0.25) is 0 Å². The molecule has 1 aliphatic rings. The maximum absolute atomic E-state index is 13.0. The highest BCUT2D eigenvalue weighted by Crippen LogP contribution is 2.25. The molecular formula is C23H25N3O3. The number of rotatable bonds is 6. The minimum Gasteiger partial charge on any atom is -0.467 e. The molecule has 4 rings (SSSR count). The number of furan rings is 1. The monoisotopic (exact) mass is 391 g/mol. The SMILES string of the molecule is CC(=O)c1ccc(N2CCN(C(=O)C[C@H](c3ccco3)n3cccc3)CC2)cc1. The average Bonchev–Trinajstić information content (AvgIpc) is 3.46. The summed E-state index contributed by atoms with van der Waals surface area (Å²) in [5.74, 6) is 0.992. The molecule has 3 aromatic rings. The molecule has 2 aromatic heterocycles. The molecule has 0 bridgehead atoms. The van der Waals surface area contributed by atoms with Crippen LogP contribution in [0.3, 0.4) is 0 Å². The van der Waals surface area contributed by atoms with Crippen LogP contribution < -0.4 is 4.90 Å². The molecule has 3 heterocycles. The van der Waals surface area contributed by atoms with Crippen LogP contribution in [0.4, 0.5) is 5.69 Å². The number of aromatic nitrogens is 1. The van der Waals surface area contributed by atoms with Gasteiger partial charge in [-0.2, -0.15) is 0 Å². The first-order chi connectivity index (χ1) is 14.1. The Bertz CT molecular complexity index is 904. The Labute approximate surface area is 170 Å². The highest BCUT2D eigenvalue weighted by molar-refractivity contribution is 5.94. The van der Waals surface area contributed by atoms with Crippen molar-refractivity contribution in [2.24, 2.45) is 0 Å². The van der Waals surface area contributed by atoms with E-state index in [2.05, 4.69) is 4.90 Å². The number of piperazine rings is 1. The summed E-state index contributed by atoms with van der Waals surface area (Å²) in [5.41, 5.74) is 1.81. The molecule has 1 aliphatic heterocycles. The smallest absolute Gasteiger partial charge is 0.225 e. The van der Waals surface area contributed by atoms with E-state index in [4.69, 9.17) is 4.42 Å². The number of Topliss-reactive ketones (excluding diaryl/α,β-unsaturated/α-hetero) is 1. The van der Waals surface area contributed by atoms with Crippen LogP contribution in [-0.4, -0.2) is 47.3 Å². The highest BCUT2D eigenvalue weighted by atomic mass is 16.3. The van der Waals surface area contributed by atoms with Gasteiger partial charge in [0.1, 0.15) is 5.76 Å². The third-order valence-corrected chi connectivity index (χ3v) is 5.50. The molecule has 150 valence electrons. The molecule has 6 heteroatoms. The maximum atomic E-state index is 13.0. The minimum absolute atomic E-state index is 0.0702. The van der Waals surface area contributed by atoms with Crippen molar-refractivity contribution in [2.75, 3.05) is 31.1 Å². The molecule has 1 saturated heterocycles. The number of hydrogen-bond acceptors (Lipinski definition) is 4. The summed E-state index contributed by atoms with van der Waals surface area (Å²) >= 11 is 0. The van der Waals surface area contributed by atoms with Crippen molar-refractivity contribution in [3.8, 4) is 0 Å². The van der Waals surface area contributed by atoms with E-state index in [9.17, 15) is 9.59 Å². The summed E-state index contributed by atoms with van der Waals surface area (Å²) in [7, 11) is 0. The van der Waals surface area contributed by atoms with Gasteiger partial charge >= 0.3 is 0 Å². The van der Waals surface area contributed by atoms with Gasteiger partial charge in [0.05, 0.1) is 18.7 Å². The molecule has 0 saturated carbocycles. The van der Waals surface area contributed by atoms with E-state index < -0.39 is 0 Å². The van der Waals surface area contributed by atoms with Crippen molar-refractivity contribution >= 4 is 17.4 Å². The predicted molar refractivity (Wildman–Crippen MR) is 111 cm³/mol. The molecular weight excluding hydrogens is 366 g/mol. The van der Waals surface area contributed by atoms with Crippen LogP contribution in [0.25, 0.3) is 0 Å². The number of nitrogens with zero attached hydrogens (tertiary/aromatic N) is 3. The van der Waals surface area contributed by atoms with Crippen molar-refractivity contribution in [2.45, 2.75) is 19.4 Å². The van der Waals surface area contributed by atoms with Crippen LogP contribution >= 0.6 is 0 Å². The summed E-state index contributed by atoms with van der Waals surface area (Å²) in [4.78, 5) is 28.6. The summed E-state index contributed by atoms with van der Waals surface area (Å²) in [6, 6.07) is 15.2. The van der Waals surface area contributed by atoms with Crippen LogP contribution in [0.1, 0.15) is 35.5 Å². The third-order valence-electron chi connectivity index (χ3n) is 5.50. The Hall–Kier alpha value is -3.28. The molecule has 6 nitrogen and oxygen atoms in total. The van der Waals surface area contributed by atoms with Gasteiger partial charge in [-0.05, 0) is 55.5 Å². The largest absolute Gasteiger partial charge is 0.467 e. The molecule has 0 N–H and O–H groups in total. The Morgan fingerprint density at radius 2 is 1.66 bits per heavy atom. The quantitative estimate of drug-likeness (QED) is 0.603. The van der Waals surface area contributed by atoms with Gasteiger partial charge in [0, 0.05) is 49.8 Å². The molecule has 0 unspecified atom stereocenters. The van der Waals surface area contributed by atoms with Crippen molar-refractivity contribution in [1.29, 1.82) is 0 Å². The highest BCUT2D eigenvalue weighted by Gasteiger charge is 2.26. The Morgan fingerprint density at radius 1 is 0.966 bits per heavy atom. The molecule has 0 spiro atoms. The summed E-state index contributed by atoms with van der Waals surface area (Å²) in [6.07, 6.45) is 5.94. The van der Waals surface area contributed by atoms with Crippen LogP contribution in [0, 0.1) is 0 Å². The summed E-state index contributed by atoms with van der Waals surface area (Å²) in [6.45, 7) is 4.50. The first-order valence-corrected chi connectivity index (χ1v) is 9.91. The molecule has 0 radical (unpaired) electrons. The normalized spacial score (nSPS) is 15.3. The standard InChI is InChI=1S/C23H25N3O3/c1-18(27)19-6-8-20(9-7-19)24-12-14-26(15-13-24)23(28)17-21(22-5-4-16-29-22)25-10-2-3-11-25/h2-11,16,21H,12-15,17H2,1H3/t21-/m1/s1. The van der Waals surface area contributed by atoms with E-state index in [0.717, 1.165) is 30.1 Å². The maximum Gasteiger partial charge on any atom is 0.225 e. The van der Waals surface area contributed by atoms with Gasteiger partial charge in [-0.1, -0.05) is 0 Å². The Morgan fingerprint density at radius 3 is 2.24 bits per heavy atom. The van der Waals surface area contributed by atoms with Gasteiger partial charge in [-0.3, -0.25) is 9.59 Å². The fraction of sp³-hybridized carbons (Fsp3) is 0.304. The fourth-order valence-corrected chi connectivity index (χ4v) is 3.80. The number of hydrogen-bond donors (Lipinski definition) is 0. The lowest BCUT2D eigenvalue weighted by molar-refractivity contribution is -0.132. The van der Waals surface area contributed by atoms with Crippen molar-refractivity contribution in [3.05, 3.63) is 78.5 Å². The second kappa shape index (κ2) is 8.39. The van der Waals surface area contributed by atoms with Gasteiger partial charge in [0.25, 0.3) is 0 Å². The van der Waals surface area contributed by atoms with Gasteiger partial charge in [0.15, 0.2) is 5.78 Å². The first-order valence-electron chi connectivity index (χ1n) is 9.91. The van der Waals surface area contributed by atoms with Gasteiger partial charge in [-0.25, -0.2) is 0 Å². The van der Waals surface area contributed by atoms with Crippen LogP contribution in [0.5, 0.6) is 0 Å². The topological polar surface area (TPSA) is 58.7 Å². The number of anilines is 1. The number of carbonyl (C=O) groups excluding carboxylic acids is 2. The first kappa shape index (κ1) is 19.1. The Kier molecular flexibility index (Phi) is 5.51. The van der Waals surface area contributed by atoms with Crippen molar-refractivity contribution in [1.82, 2.24) is 9.47 Å². The zero-order valence-electron chi connectivity index (χ0n) is 16.5. The second-order valence-corrected chi connectivity index (χ2v) is 7.34. The zero-order valence-corrected chi connectivity index (χ0v) is 16.5. The van der Waals surface area contributed by atoms with E-state index in [0.29, 0.717) is 19.5 Å². The number of carbonyl (C=O) groups is 2. The summed E-state index contributed by atoms with van der Waals surface area (Å²) < 4.78 is 7.60. The lowest BCUT2D eigenvalue weighted by Gasteiger charge is -2.36. The fourth-order valence-electron chi connectivity index (χ4n) is 3.80. The molecule has 1 fully saturated rings. The van der Waals surface area contributed by atoms with Gasteiger partial charge in [-0.15, -0.1) is 0 Å². The molecule has 1 atom stereocenters. The van der Waals surface area contributed by atoms with E-state index in [1.54, 1.807) is 13.2 Å². The lowest BCUT2D eigenvalue weighted by atomic mass is 10.1. The average molecular weight is 391 g/mol. The van der Waals surface area contributed by atoms with Crippen molar-refractivity contribution < 1.29 is 14.0 Å². The molecule has 29 heavy (non-hydrogen) atoms. The van der Waals surface area contributed by atoms with Crippen LogP contribution in [0.15, 0.2) is 71.6 Å². The zero-order chi connectivity index (χ0) is 20.2. The third kappa shape index (κ3) is 4.26. The molecule has 1 aromatic carbocycles. The molecule has 1 amide bonds. The predicted octanol–water partition coefficient (Wildman–Crippen LogP) is 3.61. The minimum atomic E-state index is -0.135. The molecule has 0 aliphatic carbocycles. The Balaban J connectivity index is 1.38. The number of benzene rings is 1. The lowest BCUT2D eigenvalue weighted by Crippen LogP contribution is -2.49. The van der Waals surface area contributed by atoms with E-state index >= 15 is 0 Å². The number of ketones is 1. The second-order valence-electron chi connectivity index (χ2n) is 7.34. The number of amides is 1. The summed E-state index contributed by atoms with van der Waals surface area (Å²) in [5, 5.41) is 0. The van der Waals surface area contributed by atoms with E-state index in [1.807, 2.05) is 70.4 Å². The van der Waals surface area contributed by atoms with Crippen molar-refractivity contribution in [3.63, 3.8) is 0 Å². The van der Waals surface area contributed by atoms with Gasteiger partial charge in [0.2, 0.25) is 5.91 Å². The van der Waals surface area contributed by atoms with Crippen LogP contribution in [-0.2, 0) is 4.79 Å². The van der Waals surface area contributed by atoms with Gasteiger partial charge < -0.3 is 18.8 Å². The van der Waals surface area contributed by atoms with E-state index in [1.165, 1.54) is 0 Å². The van der Waals surface area contributed by atoms with E-state index in [-0.39, 0.29) is 17.7 Å².